The van der Waals surface area contributed by atoms with Gasteiger partial charge < -0.3 is 14.5 Å². The molecular weight excluding hydrogens is 258 g/mol. The molecule has 0 unspecified atom stereocenters. The van der Waals surface area contributed by atoms with Gasteiger partial charge in [-0.1, -0.05) is 6.92 Å². The molecule has 0 fully saturated rings. The molecule has 0 saturated carbocycles. The van der Waals surface area contributed by atoms with Gasteiger partial charge in [0, 0.05) is 22.9 Å². The van der Waals surface area contributed by atoms with E-state index >= 15 is 0 Å². The summed E-state index contributed by atoms with van der Waals surface area (Å²) in [6, 6.07) is 8.24. The Hall–Kier alpha value is -1.10. The molecule has 0 aliphatic carbocycles. The zero-order chi connectivity index (χ0) is 13.3. The summed E-state index contributed by atoms with van der Waals surface area (Å²) in [6.45, 7) is 5.47. The average molecular weight is 279 g/mol. The van der Waals surface area contributed by atoms with E-state index in [0.29, 0.717) is 6.61 Å². The second-order valence-corrected chi connectivity index (χ2v) is 5.64. The van der Waals surface area contributed by atoms with Crippen molar-refractivity contribution in [2.75, 3.05) is 13.2 Å². The van der Waals surface area contributed by atoms with Gasteiger partial charge in [-0.15, -0.1) is 11.3 Å². The molecular formula is C15H21NO2S. The second-order valence-electron chi connectivity index (χ2n) is 4.38. The van der Waals surface area contributed by atoms with Crippen LogP contribution < -0.4 is 5.32 Å². The minimum atomic E-state index is 0.567. The lowest BCUT2D eigenvalue weighted by molar-refractivity contribution is 0.104. The van der Waals surface area contributed by atoms with Crippen molar-refractivity contribution in [3.05, 3.63) is 46.0 Å². The maximum absolute atomic E-state index is 5.52. The normalized spacial score (nSPS) is 11.0. The number of furan rings is 1. The lowest BCUT2D eigenvalue weighted by Gasteiger charge is -2.04. The molecule has 4 heteroatoms. The zero-order valence-corrected chi connectivity index (χ0v) is 12.2. The van der Waals surface area contributed by atoms with Crippen LogP contribution in [0, 0.1) is 0 Å². The minimum Gasteiger partial charge on any atom is -0.467 e. The molecule has 0 radical (unpaired) electrons. The average Bonchev–Trinajstić information content (AvgIpc) is 3.08. The topological polar surface area (TPSA) is 34.4 Å². The fourth-order valence-corrected chi connectivity index (χ4v) is 2.71. The van der Waals surface area contributed by atoms with Gasteiger partial charge in [-0.3, -0.25) is 0 Å². The molecule has 2 rings (SSSR count). The van der Waals surface area contributed by atoms with E-state index in [2.05, 4.69) is 24.4 Å². The monoisotopic (exact) mass is 279 g/mol. The predicted molar refractivity (Wildman–Crippen MR) is 78.4 cm³/mol. The molecule has 0 bridgehead atoms. The second kappa shape index (κ2) is 8.15. The van der Waals surface area contributed by atoms with Gasteiger partial charge in [0.2, 0.25) is 0 Å². The van der Waals surface area contributed by atoms with E-state index < -0.39 is 0 Å². The van der Waals surface area contributed by atoms with Crippen molar-refractivity contribution in [3.63, 3.8) is 0 Å². The van der Waals surface area contributed by atoms with E-state index in [4.69, 9.17) is 9.15 Å². The minimum absolute atomic E-state index is 0.567. The molecule has 0 aliphatic rings. The summed E-state index contributed by atoms with van der Waals surface area (Å²) in [6.07, 6.45) is 3.82. The maximum Gasteiger partial charge on any atom is 0.129 e. The Kier molecular flexibility index (Phi) is 6.14. The van der Waals surface area contributed by atoms with Gasteiger partial charge in [-0.2, -0.15) is 0 Å². The largest absolute Gasteiger partial charge is 0.467 e. The van der Waals surface area contributed by atoms with E-state index in [-0.39, 0.29) is 0 Å². The molecule has 19 heavy (non-hydrogen) atoms. The zero-order valence-electron chi connectivity index (χ0n) is 11.4. The van der Waals surface area contributed by atoms with Crippen LogP contribution in [0.1, 0.15) is 28.9 Å². The fraction of sp³-hybridized carbons (Fsp3) is 0.467. The van der Waals surface area contributed by atoms with Crippen LogP contribution in [-0.4, -0.2) is 13.2 Å². The number of nitrogens with one attached hydrogen (secondary N) is 1. The van der Waals surface area contributed by atoms with Crippen molar-refractivity contribution < 1.29 is 9.15 Å². The van der Waals surface area contributed by atoms with E-state index in [1.165, 1.54) is 9.75 Å². The molecule has 0 aromatic carbocycles. The third-order valence-corrected chi connectivity index (χ3v) is 4.06. The van der Waals surface area contributed by atoms with Gasteiger partial charge in [0.05, 0.1) is 6.26 Å². The highest BCUT2D eigenvalue weighted by molar-refractivity contribution is 7.11. The maximum atomic E-state index is 5.52. The van der Waals surface area contributed by atoms with E-state index in [9.17, 15) is 0 Å². The SMILES string of the molecule is CCc1ccc(CNCCCOCc2ccco2)s1. The van der Waals surface area contributed by atoms with Gasteiger partial charge in [0.25, 0.3) is 0 Å². The number of rotatable bonds is 9. The Balaban J connectivity index is 1.48. The summed E-state index contributed by atoms with van der Waals surface area (Å²) < 4.78 is 10.7. The number of hydrogen-bond acceptors (Lipinski definition) is 4. The molecule has 1 N–H and O–H groups in total. The summed E-state index contributed by atoms with van der Waals surface area (Å²) in [5.41, 5.74) is 0. The highest BCUT2D eigenvalue weighted by Crippen LogP contribution is 2.16. The van der Waals surface area contributed by atoms with Crippen LogP contribution in [0.25, 0.3) is 0 Å². The standard InChI is InChI=1S/C15H21NO2S/c1-2-14-6-7-15(19-14)11-16-8-4-9-17-12-13-5-3-10-18-13/h3,5-7,10,16H,2,4,8-9,11-12H2,1H3. The summed E-state index contributed by atoms with van der Waals surface area (Å²) in [5, 5.41) is 3.44. The molecule has 0 spiro atoms. The van der Waals surface area contributed by atoms with Gasteiger partial charge in [-0.05, 0) is 43.7 Å². The van der Waals surface area contributed by atoms with E-state index in [1.807, 2.05) is 23.5 Å². The van der Waals surface area contributed by atoms with Crippen molar-refractivity contribution >= 4 is 11.3 Å². The Morgan fingerprint density at radius 2 is 2.16 bits per heavy atom. The third-order valence-electron chi connectivity index (χ3n) is 2.83. The molecule has 2 aromatic rings. The molecule has 0 saturated heterocycles. The fourth-order valence-electron chi connectivity index (χ4n) is 1.79. The first kappa shape index (κ1) is 14.3. The number of ether oxygens (including phenoxy) is 1. The number of aryl methyl sites for hydroxylation is 1. The first-order chi connectivity index (χ1) is 9.38. The Labute approximate surface area is 118 Å². The van der Waals surface area contributed by atoms with Crippen LogP contribution in [0.4, 0.5) is 0 Å². The van der Waals surface area contributed by atoms with Crippen LogP contribution in [0.2, 0.25) is 0 Å². The van der Waals surface area contributed by atoms with Gasteiger partial charge >= 0.3 is 0 Å². The Morgan fingerprint density at radius 3 is 2.89 bits per heavy atom. The van der Waals surface area contributed by atoms with Gasteiger partial charge in [0.1, 0.15) is 12.4 Å². The summed E-state index contributed by atoms with van der Waals surface area (Å²) in [7, 11) is 0. The lowest BCUT2D eigenvalue weighted by Crippen LogP contribution is -2.15. The first-order valence-corrected chi connectivity index (χ1v) is 7.58. The van der Waals surface area contributed by atoms with Crippen LogP contribution in [0.3, 0.4) is 0 Å². The molecule has 2 aromatic heterocycles. The van der Waals surface area contributed by atoms with Crippen LogP contribution >= 0.6 is 11.3 Å². The van der Waals surface area contributed by atoms with Gasteiger partial charge in [0.15, 0.2) is 0 Å². The van der Waals surface area contributed by atoms with Crippen molar-refractivity contribution in [3.8, 4) is 0 Å². The van der Waals surface area contributed by atoms with E-state index in [0.717, 1.165) is 38.3 Å². The predicted octanol–water partition coefficient (Wildman–Crippen LogP) is 3.60. The Bertz CT molecular complexity index is 450. The van der Waals surface area contributed by atoms with E-state index in [1.54, 1.807) is 6.26 Å². The number of hydrogen-bond donors (Lipinski definition) is 1. The molecule has 0 aliphatic heterocycles. The summed E-state index contributed by atoms with van der Waals surface area (Å²) in [4.78, 5) is 2.87. The smallest absolute Gasteiger partial charge is 0.129 e. The van der Waals surface area contributed by atoms with Crippen molar-refractivity contribution in [1.29, 1.82) is 0 Å². The lowest BCUT2D eigenvalue weighted by atomic mass is 10.3. The van der Waals surface area contributed by atoms with Crippen molar-refractivity contribution in [1.82, 2.24) is 5.32 Å². The van der Waals surface area contributed by atoms with Gasteiger partial charge in [-0.25, -0.2) is 0 Å². The molecule has 3 nitrogen and oxygen atoms in total. The highest BCUT2D eigenvalue weighted by Gasteiger charge is 1.98. The first-order valence-electron chi connectivity index (χ1n) is 6.77. The summed E-state index contributed by atoms with van der Waals surface area (Å²) in [5.74, 6) is 0.888. The summed E-state index contributed by atoms with van der Waals surface area (Å²) >= 11 is 1.89. The van der Waals surface area contributed by atoms with Crippen molar-refractivity contribution in [2.45, 2.75) is 32.9 Å². The highest BCUT2D eigenvalue weighted by atomic mass is 32.1. The van der Waals surface area contributed by atoms with Crippen molar-refractivity contribution in [2.24, 2.45) is 0 Å². The van der Waals surface area contributed by atoms with Crippen LogP contribution in [0.5, 0.6) is 0 Å². The Morgan fingerprint density at radius 1 is 1.26 bits per heavy atom. The van der Waals surface area contributed by atoms with Crippen LogP contribution in [0.15, 0.2) is 34.9 Å². The quantitative estimate of drug-likeness (QED) is 0.712. The van der Waals surface area contributed by atoms with Crippen LogP contribution in [-0.2, 0) is 24.3 Å². The molecule has 0 atom stereocenters. The molecule has 2 heterocycles. The number of thiophene rings is 1. The third kappa shape index (κ3) is 5.19. The molecule has 104 valence electrons. The molecule has 0 amide bonds.